The van der Waals surface area contributed by atoms with Crippen LogP contribution in [0.1, 0.15) is 31.1 Å². The molecule has 0 amide bonds. The van der Waals surface area contributed by atoms with Crippen molar-refractivity contribution >= 4 is 16.0 Å². The van der Waals surface area contributed by atoms with Crippen LogP contribution in [0.3, 0.4) is 0 Å². The van der Waals surface area contributed by atoms with Gasteiger partial charge in [0.1, 0.15) is 0 Å². The predicted molar refractivity (Wildman–Crippen MR) is 61.3 cm³/mol. The molecule has 2 N–H and O–H groups in total. The van der Waals surface area contributed by atoms with Crippen molar-refractivity contribution in [1.82, 2.24) is 9.71 Å². The van der Waals surface area contributed by atoms with Crippen LogP contribution in [-0.2, 0) is 10.0 Å². The maximum Gasteiger partial charge on any atom is 0.338 e. The third kappa shape index (κ3) is 3.50. The Morgan fingerprint density at radius 1 is 1.41 bits per heavy atom. The summed E-state index contributed by atoms with van der Waals surface area (Å²) >= 11 is 0. The summed E-state index contributed by atoms with van der Waals surface area (Å²) in [6, 6.07) is 2.58. The molecule has 0 aliphatic carbocycles. The molecule has 0 atom stereocenters. The molecule has 0 bridgehead atoms. The van der Waals surface area contributed by atoms with Crippen LogP contribution in [0.4, 0.5) is 0 Å². The summed E-state index contributed by atoms with van der Waals surface area (Å²) in [5, 5.41) is 8.43. The molecule has 0 radical (unpaired) electrons. The van der Waals surface area contributed by atoms with Gasteiger partial charge in [0.05, 0.1) is 5.56 Å². The molecule has 1 rings (SSSR count). The van der Waals surface area contributed by atoms with Crippen LogP contribution < -0.4 is 4.72 Å². The zero-order valence-electron chi connectivity index (χ0n) is 9.76. The minimum absolute atomic E-state index is 0.343. The summed E-state index contributed by atoms with van der Waals surface area (Å²) in [5.74, 6) is -1.33. The first-order chi connectivity index (χ1) is 7.63. The van der Waals surface area contributed by atoms with Crippen molar-refractivity contribution in [1.29, 1.82) is 0 Å². The van der Waals surface area contributed by atoms with E-state index in [0.29, 0.717) is 0 Å². The largest absolute Gasteiger partial charge is 0.478 e. The third-order valence-corrected chi connectivity index (χ3v) is 3.41. The van der Waals surface area contributed by atoms with Gasteiger partial charge in [0.2, 0.25) is 0 Å². The summed E-state index contributed by atoms with van der Waals surface area (Å²) in [6.07, 6.45) is 1.24. The highest BCUT2D eigenvalue weighted by molar-refractivity contribution is 7.89. The number of sulfonamides is 1. The van der Waals surface area contributed by atoms with Crippen LogP contribution in [0.5, 0.6) is 0 Å². The number of nitrogens with zero attached hydrogens (tertiary/aromatic N) is 1. The lowest BCUT2D eigenvalue weighted by atomic mass is 10.1. The summed E-state index contributed by atoms with van der Waals surface area (Å²) in [6.45, 7) is 4.98. The highest BCUT2D eigenvalue weighted by Crippen LogP contribution is 2.14. The molecule has 17 heavy (non-hydrogen) atoms. The molecule has 1 heterocycles. The van der Waals surface area contributed by atoms with E-state index >= 15 is 0 Å². The molecular formula is C10H14N2O4S. The van der Waals surface area contributed by atoms with Gasteiger partial charge in [-0.1, -0.05) is 0 Å². The number of hydrogen-bond acceptors (Lipinski definition) is 4. The molecule has 7 heteroatoms. The molecule has 0 saturated heterocycles. The maximum atomic E-state index is 11.9. The highest BCUT2D eigenvalue weighted by Gasteiger charge is 2.27. The van der Waals surface area contributed by atoms with Crippen LogP contribution in [0.25, 0.3) is 0 Å². The second-order valence-corrected chi connectivity index (χ2v) is 6.11. The second kappa shape index (κ2) is 4.42. The summed E-state index contributed by atoms with van der Waals surface area (Å²) in [4.78, 5) is 14.5. The maximum absolute atomic E-state index is 11.9. The van der Waals surface area contributed by atoms with Gasteiger partial charge in [-0.05, 0) is 32.9 Å². The molecule has 0 unspecified atom stereocenters. The molecular weight excluding hydrogens is 244 g/mol. The van der Waals surface area contributed by atoms with E-state index in [2.05, 4.69) is 9.71 Å². The van der Waals surface area contributed by atoms with Gasteiger partial charge in [-0.15, -0.1) is 0 Å². The molecule has 1 aromatic rings. The molecule has 0 aliphatic heterocycles. The van der Waals surface area contributed by atoms with Gasteiger partial charge < -0.3 is 5.11 Å². The normalized spacial score (nSPS) is 12.4. The van der Waals surface area contributed by atoms with Crippen molar-refractivity contribution in [3.8, 4) is 0 Å². The SMILES string of the molecule is CC(C)(C)NS(=O)(=O)c1ncccc1C(=O)O. The van der Waals surface area contributed by atoms with E-state index in [9.17, 15) is 13.2 Å². The first kappa shape index (κ1) is 13.6. The number of rotatable bonds is 3. The summed E-state index contributed by atoms with van der Waals surface area (Å²) in [7, 11) is -3.94. The van der Waals surface area contributed by atoms with Crippen LogP contribution in [0, 0.1) is 0 Å². The second-order valence-electron chi connectivity index (χ2n) is 4.52. The van der Waals surface area contributed by atoms with Gasteiger partial charge in [-0.2, -0.15) is 0 Å². The van der Waals surface area contributed by atoms with Crippen LogP contribution in [0.15, 0.2) is 23.4 Å². The smallest absolute Gasteiger partial charge is 0.338 e. The first-order valence-electron chi connectivity index (χ1n) is 4.86. The van der Waals surface area contributed by atoms with Crippen LogP contribution >= 0.6 is 0 Å². The van der Waals surface area contributed by atoms with E-state index in [4.69, 9.17) is 5.11 Å². The Hall–Kier alpha value is -1.47. The monoisotopic (exact) mass is 258 g/mol. The van der Waals surface area contributed by atoms with Gasteiger partial charge in [0, 0.05) is 11.7 Å². The van der Waals surface area contributed by atoms with Crippen molar-refractivity contribution in [3.63, 3.8) is 0 Å². The summed E-state index contributed by atoms with van der Waals surface area (Å²) < 4.78 is 26.2. The van der Waals surface area contributed by atoms with E-state index in [1.807, 2.05) is 0 Å². The Balaban J connectivity index is 3.30. The van der Waals surface area contributed by atoms with Crippen molar-refractivity contribution < 1.29 is 18.3 Å². The van der Waals surface area contributed by atoms with Gasteiger partial charge in [0.25, 0.3) is 10.0 Å². The number of aromatic carboxylic acids is 1. The van der Waals surface area contributed by atoms with Gasteiger partial charge in [0.15, 0.2) is 5.03 Å². The van der Waals surface area contributed by atoms with Crippen molar-refractivity contribution in [2.24, 2.45) is 0 Å². The highest BCUT2D eigenvalue weighted by atomic mass is 32.2. The van der Waals surface area contributed by atoms with E-state index in [0.717, 1.165) is 0 Å². The molecule has 1 aromatic heterocycles. The molecule has 0 aliphatic rings. The molecule has 0 saturated carbocycles. The third-order valence-electron chi connectivity index (χ3n) is 1.70. The zero-order valence-corrected chi connectivity index (χ0v) is 10.6. The number of pyridine rings is 1. The Labute approximate surface area is 99.7 Å². The lowest BCUT2D eigenvalue weighted by Crippen LogP contribution is -2.41. The van der Waals surface area contributed by atoms with Gasteiger partial charge in [-0.3, -0.25) is 0 Å². The first-order valence-corrected chi connectivity index (χ1v) is 6.34. The minimum atomic E-state index is -3.94. The lowest BCUT2D eigenvalue weighted by Gasteiger charge is -2.20. The van der Waals surface area contributed by atoms with Crippen molar-refractivity contribution in [3.05, 3.63) is 23.9 Å². The zero-order chi connectivity index (χ0) is 13.3. The number of carboxylic acid groups (broad SMARTS) is 1. The topological polar surface area (TPSA) is 96.4 Å². The fourth-order valence-electron chi connectivity index (χ4n) is 1.22. The molecule has 6 nitrogen and oxygen atoms in total. The Morgan fingerprint density at radius 2 is 2.00 bits per heavy atom. The van der Waals surface area contributed by atoms with E-state index < -0.39 is 26.6 Å². The van der Waals surface area contributed by atoms with Crippen LogP contribution in [-0.4, -0.2) is 30.0 Å². The fourth-order valence-corrected chi connectivity index (χ4v) is 2.77. The number of carbonyl (C=O) groups is 1. The Kier molecular flexibility index (Phi) is 3.53. The van der Waals surface area contributed by atoms with Crippen molar-refractivity contribution in [2.45, 2.75) is 31.3 Å². The Morgan fingerprint density at radius 3 is 2.47 bits per heavy atom. The van der Waals surface area contributed by atoms with E-state index in [1.165, 1.54) is 18.3 Å². The molecule has 0 fully saturated rings. The number of aromatic nitrogens is 1. The molecule has 0 aromatic carbocycles. The fraction of sp³-hybridized carbons (Fsp3) is 0.400. The van der Waals surface area contributed by atoms with Crippen molar-refractivity contribution in [2.75, 3.05) is 0 Å². The number of carboxylic acids is 1. The van der Waals surface area contributed by atoms with Gasteiger partial charge >= 0.3 is 5.97 Å². The van der Waals surface area contributed by atoms with E-state index in [-0.39, 0.29) is 5.56 Å². The summed E-state index contributed by atoms with van der Waals surface area (Å²) in [5.41, 5.74) is -1.05. The number of hydrogen-bond donors (Lipinski definition) is 2. The minimum Gasteiger partial charge on any atom is -0.478 e. The predicted octanol–water partition coefficient (Wildman–Crippen LogP) is 0.857. The molecule has 0 spiro atoms. The molecule has 94 valence electrons. The van der Waals surface area contributed by atoms with E-state index in [1.54, 1.807) is 20.8 Å². The standard InChI is InChI=1S/C10H14N2O4S/c1-10(2,3)12-17(15,16)8-7(9(13)14)5-4-6-11-8/h4-6,12H,1-3H3,(H,13,14). The van der Waals surface area contributed by atoms with Gasteiger partial charge in [-0.25, -0.2) is 22.9 Å². The average Bonchev–Trinajstić information content (AvgIpc) is 2.14. The Bertz CT molecular complexity index is 531. The lowest BCUT2D eigenvalue weighted by molar-refractivity contribution is 0.0691. The number of nitrogens with one attached hydrogen (secondary N) is 1. The van der Waals surface area contributed by atoms with Crippen LogP contribution in [0.2, 0.25) is 0 Å². The average molecular weight is 258 g/mol. The quantitative estimate of drug-likeness (QED) is 0.838.